The standard InChI is InChI=1S/C12H24N2O/c1-9(2)11-5-4-10(3)6-7-14(11)8-12(13)15/h9-11H,4-8H2,1-3H3,(H2,13,15)/t10-,11+/m1/s1. The van der Waals surface area contributed by atoms with Gasteiger partial charge in [-0.3, -0.25) is 9.69 Å². The Morgan fingerprint density at radius 1 is 1.40 bits per heavy atom. The van der Waals surface area contributed by atoms with Crippen molar-refractivity contribution in [1.82, 2.24) is 4.90 Å². The number of amides is 1. The van der Waals surface area contributed by atoms with E-state index in [9.17, 15) is 4.79 Å². The van der Waals surface area contributed by atoms with E-state index in [0.29, 0.717) is 18.5 Å². The van der Waals surface area contributed by atoms with E-state index in [0.717, 1.165) is 12.5 Å². The summed E-state index contributed by atoms with van der Waals surface area (Å²) in [7, 11) is 0. The molecular formula is C12H24N2O. The maximum atomic E-state index is 11.0. The third-order valence-corrected chi connectivity index (χ3v) is 3.46. The molecule has 1 saturated heterocycles. The fourth-order valence-corrected chi connectivity index (χ4v) is 2.49. The molecule has 1 rings (SSSR count). The van der Waals surface area contributed by atoms with Crippen molar-refractivity contribution in [3.8, 4) is 0 Å². The van der Waals surface area contributed by atoms with Crippen LogP contribution in [-0.4, -0.2) is 29.9 Å². The lowest BCUT2D eigenvalue weighted by atomic mass is 9.95. The molecule has 0 bridgehead atoms. The summed E-state index contributed by atoms with van der Waals surface area (Å²) in [5.41, 5.74) is 5.29. The lowest BCUT2D eigenvalue weighted by Gasteiger charge is -2.31. The molecule has 0 saturated carbocycles. The zero-order valence-corrected chi connectivity index (χ0v) is 10.2. The third-order valence-electron chi connectivity index (χ3n) is 3.46. The largest absolute Gasteiger partial charge is 0.369 e. The van der Waals surface area contributed by atoms with Gasteiger partial charge in [0.15, 0.2) is 0 Å². The van der Waals surface area contributed by atoms with Gasteiger partial charge in [0.1, 0.15) is 0 Å². The molecule has 15 heavy (non-hydrogen) atoms. The van der Waals surface area contributed by atoms with Crippen molar-refractivity contribution in [2.45, 2.75) is 46.1 Å². The van der Waals surface area contributed by atoms with Crippen LogP contribution in [0, 0.1) is 11.8 Å². The fraction of sp³-hybridized carbons (Fsp3) is 0.917. The number of hydrogen-bond acceptors (Lipinski definition) is 2. The molecule has 0 aromatic rings. The summed E-state index contributed by atoms with van der Waals surface area (Å²) in [6, 6.07) is 0.530. The van der Waals surface area contributed by atoms with Gasteiger partial charge in [0.25, 0.3) is 0 Å². The SMILES string of the molecule is CC(C)[C@@H]1CC[C@@H](C)CCN1CC(N)=O. The first-order valence-electron chi connectivity index (χ1n) is 6.03. The maximum absolute atomic E-state index is 11.0. The Hall–Kier alpha value is -0.570. The van der Waals surface area contributed by atoms with Crippen LogP contribution < -0.4 is 5.73 Å². The van der Waals surface area contributed by atoms with Gasteiger partial charge in [0.2, 0.25) is 5.91 Å². The maximum Gasteiger partial charge on any atom is 0.231 e. The Morgan fingerprint density at radius 2 is 2.07 bits per heavy atom. The van der Waals surface area contributed by atoms with E-state index in [1.807, 2.05) is 0 Å². The molecule has 88 valence electrons. The van der Waals surface area contributed by atoms with Crippen LogP contribution in [-0.2, 0) is 4.79 Å². The zero-order chi connectivity index (χ0) is 11.4. The van der Waals surface area contributed by atoms with Gasteiger partial charge in [-0.05, 0) is 37.6 Å². The Kier molecular flexibility index (Phi) is 4.58. The third kappa shape index (κ3) is 3.82. The van der Waals surface area contributed by atoms with Crippen LogP contribution in [0.25, 0.3) is 0 Å². The van der Waals surface area contributed by atoms with Gasteiger partial charge in [0, 0.05) is 6.04 Å². The lowest BCUT2D eigenvalue weighted by molar-refractivity contribution is -0.119. The number of rotatable bonds is 3. The van der Waals surface area contributed by atoms with E-state index in [4.69, 9.17) is 5.73 Å². The van der Waals surface area contributed by atoms with Gasteiger partial charge >= 0.3 is 0 Å². The number of likely N-dealkylation sites (tertiary alicyclic amines) is 1. The minimum absolute atomic E-state index is 0.199. The van der Waals surface area contributed by atoms with Gasteiger partial charge in [-0.1, -0.05) is 20.8 Å². The van der Waals surface area contributed by atoms with Crippen LogP contribution in [0.15, 0.2) is 0 Å². The average Bonchev–Trinajstić information content (AvgIpc) is 2.28. The summed E-state index contributed by atoms with van der Waals surface area (Å²) >= 11 is 0. The van der Waals surface area contributed by atoms with Crippen LogP contribution in [0.5, 0.6) is 0 Å². The summed E-state index contributed by atoms with van der Waals surface area (Å²) in [6.07, 6.45) is 3.67. The highest BCUT2D eigenvalue weighted by Crippen LogP contribution is 2.25. The van der Waals surface area contributed by atoms with E-state index in [1.165, 1.54) is 19.3 Å². The predicted octanol–water partition coefficient (Wildman–Crippen LogP) is 1.62. The number of carbonyl (C=O) groups excluding carboxylic acids is 1. The minimum Gasteiger partial charge on any atom is -0.369 e. The van der Waals surface area contributed by atoms with E-state index in [2.05, 4.69) is 25.7 Å². The van der Waals surface area contributed by atoms with Crippen molar-refractivity contribution in [2.75, 3.05) is 13.1 Å². The summed E-state index contributed by atoms with van der Waals surface area (Å²) in [4.78, 5) is 13.3. The van der Waals surface area contributed by atoms with Crippen LogP contribution in [0.3, 0.4) is 0 Å². The van der Waals surface area contributed by atoms with Gasteiger partial charge in [0.05, 0.1) is 6.54 Å². The van der Waals surface area contributed by atoms with Crippen molar-refractivity contribution < 1.29 is 4.79 Å². The number of nitrogens with zero attached hydrogens (tertiary/aromatic N) is 1. The Balaban J connectivity index is 2.64. The molecule has 0 aromatic carbocycles. The van der Waals surface area contributed by atoms with E-state index in [1.54, 1.807) is 0 Å². The molecule has 0 spiro atoms. The van der Waals surface area contributed by atoms with Crippen LogP contribution in [0.2, 0.25) is 0 Å². The van der Waals surface area contributed by atoms with Gasteiger partial charge < -0.3 is 5.73 Å². The molecule has 0 unspecified atom stereocenters. The molecule has 1 heterocycles. The highest BCUT2D eigenvalue weighted by atomic mass is 16.1. The average molecular weight is 212 g/mol. The minimum atomic E-state index is -0.199. The normalized spacial score (nSPS) is 29.1. The Morgan fingerprint density at radius 3 is 2.60 bits per heavy atom. The second kappa shape index (κ2) is 5.50. The van der Waals surface area contributed by atoms with Gasteiger partial charge in [-0.15, -0.1) is 0 Å². The molecule has 2 atom stereocenters. The van der Waals surface area contributed by atoms with E-state index in [-0.39, 0.29) is 5.91 Å². The molecule has 0 radical (unpaired) electrons. The topological polar surface area (TPSA) is 46.3 Å². The summed E-state index contributed by atoms with van der Waals surface area (Å²) in [5, 5.41) is 0. The highest BCUT2D eigenvalue weighted by Gasteiger charge is 2.26. The summed E-state index contributed by atoms with van der Waals surface area (Å²) in [5.74, 6) is 1.19. The van der Waals surface area contributed by atoms with Gasteiger partial charge in [-0.25, -0.2) is 0 Å². The number of primary amides is 1. The Bertz CT molecular complexity index is 216. The first-order valence-corrected chi connectivity index (χ1v) is 6.03. The molecule has 3 nitrogen and oxygen atoms in total. The van der Waals surface area contributed by atoms with Crippen molar-refractivity contribution in [3.05, 3.63) is 0 Å². The van der Waals surface area contributed by atoms with Gasteiger partial charge in [-0.2, -0.15) is 0 Å². The molecule has 1 fully saturated rings. The molecule has 2 N–H and O–H groups in total. The molecule has 1 aliphatic rings. The number of hydrogen-bond donors (Lipinski definition) is 1. The van der Waals surface area contributed by atoms with Crippen molar-refractivity contribution in [1.29, 1.82) is 0 Å². The highest BCUT2D eigenvalue weighted by molar-refractivity contribution is 5.75. The molecule has 0 aliphatic carbocycles. The van der Waals surface area contributed by atoms with Crippen molar-refractivity contribution >= 4 is 5.91 Å². The quantitative estimate of drug-likeness (QED) is 0.772. The smallest absolute Gasteiger partial charge is 0.231 e. The molecule has 1 amide bonds. The fourth-order valence-electron chi connectivity index (χ4n) is 2.49. The zero-order valence-electron chi connectivity index (χ0n) is 10.2. The van der Waals surface area contributed by atoms with Crippen LogP contribution in [0.4, 0.5) is 0 Å². The number of nitrogens with two attached hydrogens (primary N) is 1. The first-order chi connectivity index (χ1) is 7.00. The van der Waals surface area contributed by atoms with Crippen LogP contribution in [0.1, 0.15) is 40.0 Å². The molecular weight excluding hydrogens is 188 g/mol. The van der Waals surface area contributed by atoms with E-state index >= 15 is 0 Å². The summed E-state index contributed by atoms with van der Waals surface area (Å²) < 4.78 is 0. The monoisotopic (exact) mass is 212 g/mol. The molecule has 3 heteroatoms. The second-order valence-electron chi connectivity index (χ2n) is 5.22. The van der Waals surface area contributed by atoms with Crippen molar-refractivity contribution in [3.63, 3.8) is 0 Å². The lowest BCUT2D eigenvalue weighted by Crippen LogP contribution is -2.43. The number of carbonyl (C=O) groups is 1. The second-order valence-corrected chi connectivity index (χ2v) is 5.22. The Labute approximate surface area is 93.0 Å². The molecule has 1 aliphatic heterocycles. The van der Waals surface area contributed by atoms with Crippen LogP contribution >= 0.6 is 0 Å². The van der Waals surface area contributed by atoms with E-state index < -0.39 is 0 Å². The first kappa shape index (κ1) is 12.5. The summed E-state index contributed by atoms with van der Waals surface area (Å²) in [6.45, 7) is 8.21. The predicted molar refractivity (Wildman–Crippen MR) is 62.4 cm³/mol. The van der Waals surface area contributed by atoms with Crippen molar-refractivity contribution in [2.24, 2.45) is 17.6 Å². The molecule has 0 aromatic heterocycles.